The average molecular weight is 317 g/mol. The maximum atomic E-state index is 12.0. The second-order valence-corrected chi connectivity index (χ2v) is 5.88. The molecule has 0 radical (unpaired) electrons. The van der Waals surface area contributed by atoms with Crippen LogP contribution in [-0.2, 0) is 4.79 Å². The molecule has 0 saturated heterocycles. The van der Waals surface area contributed by atoms with Gasteiger partial charge in [0.2, 0.25) is 5.91 Å². The minimum Gasteiger partial charge on any atom is -0.325 e. The van der Waals surface area contributed by atoms with E-state index in [4.69, 9.17) is 11.6 Å². The zero-order chi connectivity index (χ0) is 16.1. The van der Waals surface area contributed by atoms with Gasteiger partial charge in [-0.15, -0.1) is 0 Å². The number of anilines is 1. The first-order valence-electron chi connectivity index (χ1n) is 7.32. The molecule has 1 amide bonds. The van der Waals surface area contributed by atoms with E-state index >= 15 is 0 Å². The van der Waals surface area contributed by atoms with Crippen LogP contribution in [-0.4, -0.2) is 12.5 Å². The minimum absolute atomic E-state index is 0.0132. The summed E-state index contributed by atoms with van der Waals surface area (Å²) < 4.78 is 0. The quantitative estimate of drug-likeness (QED) is 0.866. The standard InChI is InChI=1S/C18H21ClN2O/c1-12-8-9-15(10-13(12)2)21-18(22)11-20-14(3)16-6-4-5-7-17(16)19/h4-10,14,20H,11H2,1-3H3,(H,21,22)/t14-/m0/s1. The molecule has 0 aliphatic heterocycles. The molecule has 0 fully saturated rings. The van der Waals surface area contributed by atoms with Crippen molar-refractivity contribution in [2.24, 2.45) is 0 Å². The third kappa shape index (κ3) is 4.33. The molecule has 22 heavy (non-hydrogen) atoms. The first kappa shape index (κ1) is 16.5. The van der Waals surface area contributed by atoms with Gasteiger partial charge < -0.3 is 10.6 Å². The van der Waals surface area contributed by atoms with Gasteiger partial charge >= 0.3 is 0 Å². The van der Waals surface area contributed by atoms with Gasteiger partial charge in [0, 0.05) is 16.8 Å². The molecule has 0 bridgehead atoms. The van der Waals surface area contributed by atoms with E-state index in [-0.39, 0.29) is 18.5 Å². The van der Waals surface area contributed by atoms with Crippen molar-refractivity contribution in [3.8, 4) is 0 Å². The molecular formula is C18H21ClN2O. The summed E-state index contributed by atoms with van der Waals surface area (Å²) >= 11 is 6.16. The van der Waals surface area contributed by atoms with E-state index in [1.807, 2.05) is 63.2 Å². The summed E-state index contributed by atoms with van der Waals surface area (Å²) in [6.07, 6.45) is 0. The zero-order valence-corrected chi connectivity index (χ0v) is 13.9. The van der Waals surface area contributed by atoms with Gasteiger partial charge in [0.05, 0.1) is 6.54 Å². The number of amides is 1. The summed E-state index contributed by atoms with van der Waals surface area (Å²) in [6.45, 7) is 6.31. The lowest BCUT2D eigenvalue weighted by atomic mass is 10.1. The number of nitrogens with one attached hydrogen (secondary N) is 2. The van der Waals surface area contributed by atoms with E-state index in [9.17, 15) is 4.79 Å². The maximum absolute atomic E-state index is 12.0. The van der Waals surface area contributed by atoms with Crippen molar-refractivity contribution in [3.05, 3.63) is 64.2 Å². The zero-order valence-electron chi connectivity index (χ0n) is 13.1. The molecule has 1 atom stereocenters. The number of carbonyl (C=O) groups is 1. The number of benzene rings is 2. The van der Waals surface area contributed by atoms with Gasteiger partial charge in [0.15, 0.2) is 0 Å². The summed E-state index contributed by atoms with van der Waals surface area (Å²) in [7, 11) is 0. The lowest BCUT2D eigenvalue weighted by Crippen LogP contribution is -2.30. The molecule has 2 aromatic rings. The summed E-state index contributed by atoms with van der Waals surface area (Å²) in [4.78, 5) is 12.0. The van der Waals surface area contributed by atoms with Crippen LogP contribution in [0, 0.1) is 13.8 Å². The van der Waals surface area contributed by atoms with E-state index < -0.39 is 0 Å². The third-order valence-electron chi connectivity index (χ3n) is 3.73. The minimum atomic E-state index is -0.0674. The molecule has 116 valence electrons. The van der Waals surface area contributed by atoms with Gasteiger partial charge in [-0.2, -0.15) is 0 Å². The van der Waals surface area contributed by atoms with Crippen molar-refractivity contribution < 1.29 is 4.79 Å². The Labute approximate surface area is 136 Å². The third-order valence-corrected chi connectivity index (χ3v) is 4.08. The topological polar surface area (TPSA) is 41.1 Å². The SMILES string of the molecule is Cc1ccc(NC(=O)CN[C@@H](C)c2ccccc2Cl)cc1C. The molecule has 3 nitrogen and oxygen atoms in total. The summed E-state index contributed by atoms with van der Waals surface area (Å²) in [5.74, 6) is -0.0674. The highest BCUT2D eigenvalue weighted by Gasteiger charge is 2.10. The molecule has 2 N–H and O–H groups in total. The van der Waals surface area contributed by atoms with Gasteiger partial charge in [-0.05, 0) is 55.7 Å². The Morgan fingerprint density at radius 2 is 1.86 bits per heavy atom. The molecule has 0 aromatic heterocycles. The van der Waals surface area contributed by atoms with Crippen LogP contribution in [0.15, 0.2) is 42.5 Å². The van der Waals surface area contributed by atoms with Crippen molar-refractivity contribution in [2.75, 3.05) is 11.9 Å². The second kappa shape index (κ2) is 7.43. The van der Waals surface area contributed by atoms with Crippen LogP contribution < -0.4 is 10.6 Å². The lowest BCUT2D eigenvalue weighted by Gasteiger charge is -2.15. The van der Waals surface area contributed by atoms with Crippen molar-refractivity contribution in [3.63, 3.8) is 0 Å². The van der Waals surface area contributed by atoms with Crippen LogP contribution in [0.4, 0.5) is 5.69 Å². The molecule has 0 saturated carbocycles. The van der Waals surface area contributed by atoms with Crippen molar-refractivity contribution in [1.29, 1.82) is 0 Å². The molecule has 0 aliphatic rings. The lowest BCUT2D eigenvalue weighted by molar-refractivity contribution is -0.115. The number of hydrogen-bond acceptors (Lipinski definition) is 2. The number of carbonyl (C=O) groups excluding carboxylic acids is 1. The van der Waals surface area contributed by atoms with Crippen molar-refractivity contribution in [1.82, 2.24) is 5.32 Å². The van der Waals surface area contributed by atoms with E-state index in [1.54, 1.807) is 0 Å². The average Bonchev–Trinajstić information content (AvgIpc) is 2.49. The Balaban J connectivity index is 1.90. The summed E-state index contributed by atoms with van der Waals surface area (Å²) in [5.41, 5.74) is 4.18. The summed E-state index contributed by atoms with van der Waals surface area (Å²) in [5, 5.41) is 6.79. The van der Waals surface area contributed by atoms with Crippen LogP contribution >= 0.6 is 11.6 Å². The van der Waals surface area contributed by atoms with Crippen LogP contribution in [0.5, 0.6) is 0 Å². The van der Waals surface area contributed by atoms with E-state index in [1.165, 1.54) is 5.56 Å². The van der Waals surface area contributed by atoms with Gasteiger partial charge in [-0.25, -0.2) is 0 Å². The Bertz CT molecular complexity index is 670. The molecule has 0 unspecified atom stereocenters. The first-order chi connectivity index (χ1) is 10.5. The smallest absolute Gasteiger partial charge is 0.238 e. The molecule has 0 spiro atoms. The normalized spacial score (nSPS) is 12.0. The number of aryl methyl sites for hydroxylation is 2. The Hall–Kier alpha value is -1.84. The molecule has 0 heterocycles. The van der Waals surface area contributed by atoms with Crippen molar-refractivity contribution >= 4 is 23.2 Å². The van der Waals surface area contributed by atoms with Crippen LogP contribution in [0.3, 0.4) is 0 Å². The predicted octanol–water partition coefficient (Wildman–Crippen LogP) is 4.25. The van der Waals surface area contributed by atoms with E-state index in [0.29, 0.717) is 5.02 Å². The van der Waals surface area contributed by atoms with E-state index in [0.717, 1.165) is 16.8 Å². The fraction of sp³-hybridized carbons (Fsp3) is 0.278. The fourth-order valence-electron chi connectivity index (χ4n) is 2.21. The highest BCUT2D eigenvalue weighted by atomic mass is 35.5. The van der Waals surface area contributed by atoms with Gasteiger partial charge in [-0.3, -0.25) is 4.79 Å². The van der Waals surface area contributed by atoms with Crippen molar-refractivity contribution in [2.45, 2.75) is 26.8 Å². The molecular weight excluding hydrogens is 296 g/mol. The van der Waals surface area contributed by atoms with Crippen LogP contribution in [0.1, 0.15) is 29.7 Å². The van der Waals surface area contributed by atoms with Crippen LogP contribution in [0.2, 0.25) is 5.02 Å². The monoisotopic (exact) mass is 316 g/mol. The second-order valence-electron chi connectivity index (χ2n) is 5.47. The summed E-state index contributed by atoms with van der Waals surface area (Å²) in [6, 6.07) is 13.6. The Morgan fingerprint density at radius 1 is 1.14 bits per heavy atom. The molecule has 2 aromatic carbocycles. The van der Waals surface area contributed by atoms with Gasteiger partial charge in [0.1, 0.15) is 0 Å². The Kier molecular flexibility index (Phi) is 5.58. The molecule has 2 rings (SSSR count). The highest BCUT2D eigenvalue weighted by Crippen LogP contribution is 2.21. The number of rotatable bonds is 5. The van der Waals surface area contributed by atoms with Gasteiger partial charge in [-0.1, -0.05) is 35.9 Å². The molecule has 4 heteroatoms. The highest BCUT2D eigenvalue weighted by molar-refractivity contribution is 6.31. The Morgan fingerprint density at radius 3 is 2.55 bits per heavy atom. The maximum Gasteiger partial charge on any atom is 0.238 e. The number of halogens is 1. The molecule has 0 aliphatic carbocycles. The van der Waals surface area contributed by atoms with Gasteiger partial charge in [0.25, 0.3) is 0 Å². The number of hydrogen-bond donors (Lipinski definition) is 2. The predicted molar refractivity (Wildman–Crippen MR) is 92.4 cm³/mol. The first-order valence-corrected chi connectivity index (χ1v) is 7.70. The van der Waals surface area contributed by atoms with Crippen LogP contribution in [0.25, 0.3) is 0 Å². The van der Waals surface area contributed by atoms with E-state index in [2.05, 4.69) is 10.6 Å². The largest absolute Gasteiger partial charge is 0.325 e. The fourth-order valence-corrected chi connectivity index (χ4v) is 2.51.